The first kappa shape index (κ1) is 18.3. The van der Waals surface area contributed by atoms with Gasteiger partial charge >= 0.3 is 5.97 Å². The van der Waals surface area contributed by atoms with Crippen LogP contribution in [0.25, 0.3) is 0 Å². The number of carbonyl (C=O) groups excluding carboxylic acids is 1. The van der Waals surface area contributed by atoms with Gasteiger partial charge in [-0.25, -0.2) is 8.42 Å². The average Bonchev–Trinajstić information content (AvgIpc) is 2.36. The van der Waals surface area contributed by atoms with Gasteiger partial charge in [0.25, 0.3) is 0 Å². The first-order valence-electron chi connectivity index (χ1n) is 6.24. The number of rotatable bonds is 4. The molecule has 0 unspecified atom stereocenters. The van der Waals surface area contributed by atoms with Crippen LogP contribution in [0.4, 0.5) is 0 Å². The molecule has 1 aliphatic rings. The highest BCUT2D eigenvalue weighted by atomic mass is 32.2. The third-order valence-corrected chi connectivity index (χ3v) is 4.69. The van der Waals surface area contributed by atoms with Gasteiger partial charge in [0, 0.05) is 13.4 Å². The second-order valence-electron chi connectivity index (χ2n) is 4.65. The molecule has 1 fully saturated rings. The van der Waals surface area contributed by atoms with E-state index in [9.17, 15) is 13.2 Å². The van der Waals surface area contributed by atoms with Crippen molar-refractivity contribution in [2.45, 2.75) is 24.5 Å². The third-order valence-electron chi connectivity index (χ3n) is 3.01. The van der Waals surface area contributed by atoms with Gasteiger partial charge in [0.15, 0.2) is 0 Å². The SMILES string of the molecule is CN1CCC(S(C)(=O)=O)CC1.COCCC(=O)OC. The number of methoxy groups -OCH3 is 2. The number of sulfone groups is 1. The quantitative estimate of drug-likeness (QED) is 0.696. The highest BCUT2D eigenvalue weighted by Crippen LogP contribution is 2.15. The normalized spacial score (nSPS) is 17.5. The summed E-state index contributed by atoms with van der Waals surface area (Å²) in [6, 6.07) is 0. The first-order valence-corrected chi connectivity index (χ1v) is 8.19. The van der Waals surface area contributed by atoms with Crippen molar-refractivity contribution in [3.8, 4) is 0 Å². The van der Waals surface area contributed by atoms with Gasteiger partial charge in [0.2, 0.25) is 0 Å². The van der Waals surface area contributed by atoms with Crippen LogP contribution in [0.15, 0.2) is 0 Å². The van der Waals surface area contributed by atoms with Crippen molar-refractivity contribution in [2.24, 2.45) is 0 Å². The Morgan fingerprint density at radius 1 is 1.26 bits per heavy atom. The summed E-state index contributed by atoms with van der Waals surface area (Å²) in [6.07, 6.45) is 3.28. The minimum atomic E-state index is -2.78. The van der Waals surface area contributed by atoms with Crippen molar-refractivity contribution in [3.63, 3.8) is 0 Å². The molecular weight excluding hydrogens is 270 g/mol. The Kier molecular flexibility index (Phi) is 8.95. The maximum absolute atomic E-state index is 11.1. The minimum absolute atomic E-state index is 0.0845. The lowest BCUT2D eigenvalue weighted by atomic mass is 10.1. The fourth-order valence-corrected chi connectivity index (χ4v) is 2.77. The van der Waals surface area contributed by atoms with Gasteiger partial charge in [-0.1, -0.05) is 0 Å². The van der Waals surface area contributed by atoms with Gasteiger partial charge in [-0.2, -0.15) is 0 Å². The number of ether oxygens (including phenoxy) is 2. The van der Waals surface area contributed by atoms with Crippen molar-refractivity contribution in [3.05, 3.63) is 0 Å². The van der Waals surface area contributed by atoms with Gasteiger partial charge in [-0.15, -0.1) is 0 Å². The monoisotopic (exact) mass is 295 g/mol. The Morgan fingerprint density at radius 2 is 1.79 bits per heavy atom. The molecule has 0 radical (unpaired) electrons. The van der Waals surface area contributed by atoms with Crippen LogP contribution in [0.5, 0.6) is 0 Å². The van der Waals surface area contributed by atoms with E-state index < -0.39 is 9.84 Å². The molecule has 114 valence electrons. The van der Waals surface area contributed by atoms with Crippen LogP contribution in [-0.2, 0) is 24.1 Å². The Bertz CT molecular complexity index is 347. The molecule has 19 heavy (non-hydrogen) atoms. The van der Waals surface area contributed by atoms with Gasteiger partial charge in [-0.05, 0) is 33.0 Å². The molecule has 0 aromatic heterocycles. The summed E-state index contributed by atoms with van der Waals surface area (Å²) in [7, 11) is 2.15. The molecule has 0 aliphatic carbocycles. The van der Waals surface area contributed by atoms with E-state index in [0.29, 0.717) is 13.0 Å². The number of nitrogens with zero attached hydrogens (tertiary/aromatic N) is 1. The maximum atomic E-state index is 11.1. The molecule has 6 nitrogen and oxygen atoms in total. The van der Waals surface area contributed by atoms with Crippen LogP contribution in [0.1, 0.15) is 19.3 Å². The van der Waals surface area contributed by atoms with E-state index in [1.54, 1.807) is 7.11 Å². The smallest absolute Gasteiger partial charge is 0.307 e. The van der Waals surface area contributed by atoms with Crippen molar-refractivity contribution in [1.82, 2.24) is 4.90 Å². The predicted octanol–water partition coefficient (Wildman–Crippen LogP) is 0.321. The molecule has 0 spiro atoms. The summed E-state index contributed by atoms with van der Waals surface area (Å²) in [5.74, 6) is -0.230. The molecule has 0 saturated carbocycles. The lowest BCUT2D eigenvalue weighted by molar-refractivity contribution is -0.141. The van der Waals surface area contributed by atoms with Crippen molar-refractivity contribution in [1.29, 1.82) is 0 Å². The van der Waals surface area contributed by atoms with Crippen LogP contribution in [0, 0.1) is 0 Å². The number of hydrogen-bond donors (Lipinski definition) is 0. The first-order chi connectivity index (χ1) is 8.81. The number of likely N-dealkylation sites (tertiary alicyclic amines) is 1. The van der Waals surface area contributed by atoms with Crippen LogP contribution in [0.3, 0.4) is 0 Å². The van der Waals surface area contributed by atoms with Crippen molar-refractivity contribution in [2.75, 3.05) is 47.2 Å². The Morgan fingerprint density at radius 3 is 2.16 bits per heavy atom. The van der Waals surface area contributed by atoms with Gasteiger partial charge < -0.3 is 14.4 Å². The molecule has 0 N–H and O–H groups in total. The highest BCUT2D eigenvalue weighted by molar-refractivity contribution is 7.91. The summed E-state index contributed by atoms with van der Waals surface area (Å²) in [6.45, 7) is 2.27. The predicted molar refractivity (Wildman–Crippen MR) is 73.9 cm³/mol. The number of esters is 1. The molecule has 0 bridgehead atoms. The minimum Gasteiger partial charge on any atom is -0.469 e. The van der Waals surface area contributed by atoms with Gasteiger partial charge in [0.1, 0.15) is 9.84 Å². The zero-order chi connectivity index (χ0) is 14.9. The molecule has 0 amide bonds. The van der Waals surface area contributed by atoms with E-state index in [1.165, 1.54) is 13.4 Å². The molecule has 1 rings (SSSR count). The van der Waals surface area contributed by atoms with Crippen molar-refractivity contribution >= 4 is 15.8 Å². The Balaban J connectivity index is 0.000000362. The Hall–Kier alpha value is -0.660. The Labute approximate surface area is 116 Å². The van der Waals surface area contributed by atoms with Crippen LogP contribution >= 0.6 is 0 Å². The lowest BCUT2D eigenvalue weighted by Crippen LogP contribution is -2.36. The average molecular weight is 295 g/mol. The summed E-state index contributed by atoms with van der Waals surface area (Å²) >= 11 is 0. The van der Waals surface area contributed by atoms with E-state index in [1.807, 2.05) is 7.05 Å². The molecule has 1 heterocycles. The second-order valence-corrected chi connectivity index (χ2v) is 6.98. The third kappa shape index (κ3) is 8.96. The number of piperidine rings is 1. The summed E-state index contributed by atoms with van der Waals surface area (Å²) < 4.78 is 31.1. The topological polar surface area (TPSA) is 72.9 Å². The molecule has 7 heteroatoms. The molecule has 0 atom stereocenters. The van der Waals surface area contributed by atoms with Gasteiger partial charge in [0.05, 0.1) is 25.4 Å². The van der Waals surface area contributed by atoms with Crippen LogP contribution < -0.4 is 0 Å². The van der Waals surface area contributed by atoms with E-state index in [-0.39, 0.29) is 11.2 Å². The molecule has 0 aromatic rings. The zero-order valence-corrected chi connectivity index (χ0v) is 13.0. The number of carbonyl (C=O) groups is 1. The largest absolute Gasteiger partial charge is 0.469 e. The summed E-state index contributed by atoms with van der Waals surface area (Å²) in [5.41, 5.74) is 0. The summed E-state index contributed by atoms with van der Waals surface area (Å²) in [4.78, 5) is 12.4. The molecule has 1 saturated heterocycles. The zero-order valence-electron chi connectivity index (χ0n) is 12.2. The van der Waals surface area contributed by atoms with E-state index in [4.69, 9.17) is 0 Å². The van der Waals surface area contributed by atoms with E-state index >= 15 is 0 Å². The lowest BCUT2D eigenvalue weighted by Gasteiger charge is -2.27. The highest BCUT2D eigenvalue weighted by Gasteiger charge is 2.24. The molecule has 0 aromatic carbocycles. The second kappa shape index (κ2) is 9.28. The fourth-order valence-electron chi connectivity index (χ4n) is 1.70. The van der Waals surface area contributed by atoms with Gasteiger partial charge in [-0.3, -0.25) is 4.79 Å². The molecule has 1 aliphatic heterocycles. The van der Waals surface area contributed by atoms with Crippen LogP contribution in [-0.4, -0.2) is 71.8 Å². The van der Waals surface area contributed by atoms with Crippen molar-refractivity contribution < 1.29 is 22.7 Å². The molecular formula is C12H25NO5S. The van der Waals surface area contributed by atoms with E-state index in [2.05, 4.69) is 14.4 Å². The number of hydrogen-bond acceptors (Lipinski definition) is 6. The van der Waals surface area contributed by atoms with Crippen LogP contribution in [0.2, 0.25) is 0 Å². The van der Waals surface area contributed by atoms with E-state index in [0.717, 1.165) is 25.9 Å². The fraction of sp³-hybridized carbons (Fsp3) is 0.917. The summed E-state index contributed by atoms with van der Waals surface area (Å²) in [5, 5.41) is -0.0845. The standard InChI is InChI=1S/C7H15NO2S.C5H10O3/c1-8-5-3-7(4-6-8)11(2,9)10;1-7-4-3-5(6)8-2/h7H,3-6H2,1-2H3;3-4H2,1-2H3. The maximum Gasteiger partial charge on any atom is 0.307 e.